The first-order chi connectivity index (χ1) is 8.49. The van der Waals surface area contributed by atoms with Crippen molar-refractivity contribution in [1.29, 1.82) is 0 Å². The van der Waals surface area contributed by atoms with Crippen molar-refractivity contribution in [3.8, 4) is 11.5 Å². The van der Waals surface area contributed by atoms with Crippen molar-refractivity contribution in [2.24, 2.45) is 0 Å². The zero-order chi connectivity index (χ0) is 13.2. The zero-order valence-electron chi connectivity index (χ0n) is 10.5. The topological polar surface area (TPSA) is 80.9 Å². The largest absolute Gasteiger partial charge is 0.344 e. The van der Waals surface area contributed by atoms with E-state index in [0.717, 1.165) is 5.56 Å². The molecule has 2 aromatic heterocycles. The van der Waals surface area contributed by atoms with E-state index in [1.54, 1.807) is 18.5 Å². The summed E-state index contributed by atoms with van der Waals surface area (Å²) in [5, 5.41) is 6.65. The Morgan fingerprint density at radius 1 is 1.44 bits per heavy atom. The highest BCUT2D eigenvalue weighted by Crippen LogP contribution is 2.21. The van der Waals surface area contributed by atoms with Crippen LogP contribution in [0.5, 0.6) is 0 Å². The number of hydrogen-bond donors (Lipinski definition) is 1. The number of carbonyl (C=O) groups is 1. The van der Waals surface area contributed by atoms with E-state index < -0.39 is 5.54 Å². The second-order valence-electron chi connectivity index (χ2n) is 4.47. The van der Waals surface area contributed by atoms with Crippen molar-refractivity contribution in [2.45, 2.75) is 26.3 Å². The van der Waals surface area contributed by atoms with Gasteiger partial charge in [-0.3, -0.25) is 9.78 Å². The molecule has 0 saturated carbocycles. The maximum absolute atomic E-state index is 11.1. The average molecular weight is 246 g/mol. The minimum absolute atomic E-state index is 0.146. The summed E-state index contributed by atoms with van der Waals surface area (Å²) in [6.45, 7) is 5.07. The molecule has 2 heterocycles. The van der Waals surface area contributed by atoms with Gasteiger partial charge < -0.3 is 9.84 Å². The molecule has 0 bridgehead atoms. The first-order valence-corrected chi connectivity index (χ1v) is 5.52. The summed E-state index contributed by atoms with van der Waals surface area (Å²) in [4.78, 5) is 19.4. The number of amides is 1. The number of rotatable bonds is 3. The molecular weight excluding hydrogens is 232 g/mol. The van der Waals surface area contributed by atoms with Crippen LogP contribution in [-0.2, 0) is 10.3 Å². The van der Waals surface area contributed by atoms with Crippen LogP contribution in [0.2, 0.25) is 0 Å². The number of carbonyl (C=O) groups excluding carboxylic acids is 1. The molecule has 2 rings (SSSR count). The lowest BCUT2D eigenvalue weighted by atomic mass is 10.1. The van der Waals surface area contributed by atoms with E-state index >= 15 is 0 Å². The summed E-state index contributed by atoms with van der Waals surface area (Å²) in [7, 11) is 0. The Kier molecular flexibility index (Phi) is 3.10. The number of nitrogens with one attached hydrogen (secondary N) is 1. The van der Waals surface area contributed by atoms with Gasteiger partial charge in [0.2, 0.25) is 5.91 Å². The molecule has 2 aromatic rings. The van der Waals surface area contributed by atoms with E-state index in [9.17, 15) is 4.79 Å². The summed E-state index contributed by atoms with van der Waals surface area (Å²) in [6, 6.07) is 3.62. The Morgan fingerprint density at radius 3 is 2.83 bits per heavy atom. The Labute approximate surface area is 104 Å². The molecule has 0 spiro atoms. The Hall–Kier alpha value is -2.24. The average Bonchev–Trinajstić information content (AvgIpc) is 2.78. The van der Waals surface area contributed by atoms with Gasteiger partial charge in [-0.15, -0.1) is 0 Å². The Balaban J connectivity index is 2.28. The van der Waals surface area contributed by atoms with Gasteiger partial charge in [0.25, 0.3) is 5.89 Å². The molecule has 94 valence electrons. The van der Waals surface area contributed by atoms with Crippen LogP contribution in [0.15, 0.2) is 29.0 Å². The Morgan fingerprint density at radius 2 is 2.22 bits per heavy atom. The van der Waals surface area contributed by atoms with Crippen molar-refractivity contribution >= 4 is 5.91 Å². The summed E-state index contributed by atoms with van der Waals surface area (Å²) in [6.07, 6.45) is 3.31. The Bertz CT molecular complexity index is 548. The molecule has 18 heavy (non-hydrogen) atoms. The minimum atomic E-state index is -0.671. The second-order valence-corrected chi connectivity index (χ2v) is 4.47. The fourth-order valence-electron chi connectivity index (χ4n) is 1.58. The van der Waals surface area contributed by atoms with Gasteiger partial charge in [-0.25, -0.2) is 0 Å². The molecular formula is C12H14N4O2. The van der Waals surface area contributed by atoms with Crippen molar-refractivity contribution in [3.05, 3.63) is 30.4 Å². The van der Waals surface area contributed by atoms with Gasteiger partial charge in [-0.05, 0) is 26.0 Å². The molecule has 0 unspecified atom stereocenters. The van der Waals surface area contributed by atoms with Gasteiger partial charge in [-0.2, -0.15) is 4.98 Å². The van der Waals surface area contributed by atoms with Gasteiger partial charge in [-0.1, -0.05) is 5.16 Å². The molecule has 0 atom stereocenters. The van der Waals surface area contributed by atoms with Crippen LogP contribution in [0.3, 0.4) is 0 Å². The van der Waals surface area contributed by atoms with E-state index in [-0.39, 0.29) is 5.91 Å². The second kappa shape index (κ2) is 4.56. The maximum atomic E-state index is 11.1. The van der Waals surface area contributed by atoms with E-state index in [2.05, 4.69) is 20.4 Å². The fourth-order valence-corrected chi connectivity index (χ4v) is 1.58. The normalized spacial score (nSPS) is 11.3. The highest BCUT2D eigenvalue weighted by atomic mass is 16.5. The first kappa shape index (κ1) is 12.2. The van der Waals surface area contributed by atoms with Crippen LogP contribution in [0.1, 0.15) is 26.6 Å². The highest BCUT2D eigenvalue weighted by Gasteiger charge is 2.27. The molecule has 6 heteroatoms. The number of aromatic nitrogens is 3. The lowest BCUT2D eigenvalue weighted by Gasteiger charge is -2.20. The van der Waals surface area contributed by atoms with Crippen molar-refractivity contribution < 1.29 is 9.32 Å². The number of pyridine rings is 1. The summed E-state index contributed by atoms with van der Waals surface area (Å²) in [5.41, 5.74) is 0.0744. The quantitative estimate of drug-likeness (QED) is 0.887. The molecule has 6 nitrogen and oxygen atoms in total. The number of nitrogens with zero attached hydrogens (tertiary/aromatic N) is 3. The molecule has 0 aliphatic heterocycles. The first-order valence-electron chi connectivity index (χ1n) is 5.52. The van der Waals surface area contributed by atoms with E-state index in [1.807, 2.05) is 19.9 Å². The van der Waals surface area contributed by atoms with Crippen LogP contribution in [0.4, 0.5) is 0 Å². The van der Waals surface area contributed by atoms with Crippen LogP contribution >= 0.6 is 0 Å². The van der Waals surface area contributed by atoms with Gasteiger partial charge >= 0.3 is 0 Å². The van der Waals surface area contributed by atoms with Crippen LogP contribution < -0.4 is 5.32 Å². The van der Waals surface area contributed by atoms with E-state index in [4.69, 9.17) is 4.52 Å². The lowest BCUT2D eigenvalue weighted by molar-refractivity contribution is -0.120. The molecule has 0 saturated heterocycles. The van der Waals surface area contributed by atoms with Crippen molar-refractivity contribution in [2.75, 3.05) is 0 Å². The molecule has 1 amide bonds. The van der Waals surface area contributed by atoms with Gasteiger partial charge in [0.1, 0.15) is 0 Å². The molecule has 0 aromatic carbocycles. The van der Waals surface area contributed by atoms with Gasteiger partial charge in [0, 0.05) is 19.3 Å². The lowest BCUT2D eigenvalue weighted by Crippen LogP contribution is -2.40. The van der Waals surface area contributed by atoms with Crippen LogP contribution in [-0.4, -0.2) is 21.0 Å². The van der Waals surface area contributed by atoms with Crippen molar-refractivity contribution in [3.63, 3.8) is 0 Å². The van der Waals surface area contributed by atoms with E-state index in [1.165, 1.54) is 6.92 Å². The van der Waals surface area contributed by atoms with Gasteiger partial charge in [0.05, 0.1) is 11.1 Å². The molecule has 0 radical (unpaired) electrons. The third-order valence-electron chi connectivity index (χ3n) is 2.38. The summed E-state index contributed by atoms with van der Waals surface area (Å²) in [5.74, 6) is 0.667. The molecule has 0 aliphatic rings. The monoisotopic (exact) mass is 246 g/mol. The van der Waals surface area contributed by atoms with Crippen molar-refractivity contribution in [1.82, 2.24) is 20.4 Å². The zero-order valence-corrected chi connectivity index (χ0v) is 10.5. The standard InChI is InChI=1S/C12H14N4O2/c1-8(17)15-12(2,3)11-14-10(18-16-11)9-5-4-6-13-7-9/h4-7H,1-3H3,(H,15,17). The minimum Gasteiger partial charge on any atom is -0.344 e. The summed E-state index contributed by atoms with van der Waals surface area (Å²) >= 11 is 0. The van der Waals surface area contributed by atoms with Crippen LogP contribution in [0.25, 0.3) is 11.5 Å². The SMILES string of the molecule is CC(=O)NC(C)(C)c1noc(-c2cccnc2)n1. The summed E-state index contributed by atoms with van der Waals surface area (Å²) < 4.78 is 5.17. The number of hydrogen-bond acceptors (Lipinski definition) is 5. The smallest absolute Gasteiger partial charge is 0.259 e. The van der Waals surface area contributed by atoms with Crippen LogP contribution in [0, 0.1) is 0 Å². The molecule has 0 aliphatic carbocycles. The predicted molar refractivity (Wildman–Crippen MR) is 64.4 cm³/mol. The third-order valence-corrected chi connectivity index (χ3v) is 2.38. The fraction of sp³-hybridized carbons (Fsp3) is 0.333. The highest BCUT2D eigenvalue weighted by molar-refractivity contribution is 5.73. The van der Waals surface area contributed by atoms with Gasteiger partial charge in [0.15, 0.2) is 5.82 Å². The maximum Gasteiger partial charge on any atom is 0.259 e. The predicted octanol–water partition coefficient (Wildman–Crippen LogP) is 1.50. The molecule has 0 fully saturated rings. The molecule has 1 N–H and O–H groups in total. The third kappa shape index (κ3) is 2.53. The van der Waals surface area contributed by atoms with E-state index in [0.29, 0.717) is 11.7 Å².